The van der Waals surface area contributed by atoms with Gasteiger partial charge in [-0.2, -0.15) is 0 Å². The van der Waals surface area contributed by atoms with Crippen molar-refractivity contribution in [2.24, 2.45) is 0 Å². The molecule has 5 nitrogen and oxygen atoms in total. The largest absolute Gasteiger partial charge is 0.748 e. The SMILES string of the molecule is CCCCCCCCCCCCCCCCC1(CC#CI)C[NH2+]CCO1.CS(=O)(=O)[O-]. The molecule has 0 aromatic rings. The summed E-state index contributed by atoms with van der Waals surface area (Å²) >= 11 is 2.14. The summed E-state index contributed by atoms with van der Waals surface area (Å²) in [7, 11) is -3.92. The van der Waals surface area contributed by atoms with Gasteiger partial charge in [0, 0.05) is 35.3 Å². The van der Waals surface area contributed by atoms with Gasteiger partial charge in [-0.3, -0.25) is 0 Å². The highest BCUT2D eigenvalue weighted by Gasteiger charge is 2.34. The van der Waals surface area contributed by atoms with Crippen molar-refractivity contribution in [3.8, 4) is 9.85 Å². The summed E-state index contributed by atoms with van der Waals surface area (Å²) in [5, 5.41) is 2.40. The minimum absolute atomic E-state index is 0.0353. The first-order chi connectivity index (χ1) is 14.8. The van der Waals surface area contributed by atoms with Crippen molar-refractivity contribution in [1.29, 1.82) is 0 Å². The maximum absolute atomic E-state index is 9.08. The lowest BCUT2D eigenvalue weighted by Gasteiger charge is -2.34. The number of rotatable bonds is 16. The number of unbranched alkanes of at least 4 members (excludes halogenated alkanes) is 13. The van der Waals surface area contributed by atoms with Crippen LogP contribution in [0.2, 0.25) is 0 Å². The molecule has 0 saturated carbocycles. The normalized spacial score (nSPS) is 18.6. The van der Waals surface area contributed by atoms with E-state index in [1.54, 1.807) is 0 Å². The second-order valence-electron chi connectivity index (χ2n) is 8.81. The van der Waals surface area contributed by atoms with Crippen LogP contribution in [0.25, 0.3) is 0 Å². The van der Waals surface area contributed by atoms with Crippen LogP contribution in [0.1, 0.15) is 110 Å². The zero-order valence-electron chi connectivity index (χ0n) is 19.9. The van der Waals surface area contributed by atoms with Gasteiger partial charge in [-0.25, -0.2) is 8.42 Å². The maximum Gasteiger partial charge on any atom is 0.128 e. The van der Waals surface area contributed by atoms with Crippen LogP contribution >= 0.6 is 22.6 Å². The summed E-state index contributed by atoms with van der Waals surface area (Å²) in [6.07, 6.45) is 22.6. The molecule has 0 bridgehead atoms. The lowest BCUT2D eigenvalue weighted by molar-refractivity contribution is -0.686. The molecule has 0 radical (unpaired) electrons. The highest BCUT2D eigenvalue weighted by Crippen LogP contribution is 2.24. The second kappa shape index (κ2) is 20.7. The molecule has 0 amide bonds. The number of morpholine rings is 1. The first-order valence-corrected chi connectivity index (χ1v) is 15.2. The Morgan fingerprint density at radius 1 is 0.935 bits per heavy atom. The lowest BCUT2D eigenvalue weighted by Crippen LogP contribution is -2.91. The Hall–Kier alpha value is 0.120. The molecule has 1 unspecified atom stereocenters. The molecule has 1 aliphatic rings. The van der Waals surface area contributed by atoms with Gasteiger partial charge in [-0.1, -0.05) is 103 Å². The van der Waals surface area contributed by atoms with Crippen LogP contribution in [-0.2, 0) is 14.9 Å². The molecule has 2 N–H and O–H groups in total. The van der Waals surface area contributed by atoms with Crippen molar-refractivity contribution >= 4 is 32.7 Å². The molecule has 31 heavy (non-hydrogen) atoms. The van der Waals surface area contributed by atoms with E-state index in [2.05, 4.69) is 44.7 Å². The predicted octanol–water partition coefficient (Wildman–Crippen LogP) is 5.14. The molecule has 1 fully saturated rings. The van der Waals surface area contributed by atoms with Gasteiger partial charge < -0.3 is 14.6 Å². The molecule has 184 valence electrons. The Labute approximate surface area is 206 Å². The van der Waals surface area contributed by atoms with E-state index in [0.717, 1.165) is 26.1 Å². The van der Waals surface area contributed by atoms with E-state index in [-0.39, 0.29) is 5.60 Å². The molecule has 0 aliphatic carbocycles. The Morgan fingerprint density at radius 2 is 1.39 bits per heavy atom. The smallest absolute Gasteiger partial charge is 0.128 e. The van der Waals surface area contributed by atoms with Gasteiger partial charge in [-0.05, 0) is 10.3 Å². The quantitative estimate of drug-likeness (QED) is 0.120. The van der Waals surface area contributed by atoms with Crippen molar-refractivity contribution in [2.75, 3.05) is 26.0 Å². The minimum atomic E-state index is -3.92. The van der Waals surface area contributed by atoms with Gasteiger partial charge in [0.2, 0.25) is 0 Å². The molecule has 0 aromatic heterocycles. The van der Waals surface area contributed by atoms with E-state index in [1.807, 2.05) is 0 Å². The Balaban J connectivity index is 0.00000161. The molecular formula is C24H46INO4S. The number of hydrogen-bond acceptors (Lipinski definition) is 4. The fourth-order valence-corrected chi connectivity index (χ4v) is 4.20. The topological polar surface area (TPSA) is 83.0 Å². The molecule has 1 rings (SSSR count). The summed E-state index contributed by atoms with van der Waals surface area (Å²) in [6.45, 7) is 5.39. The van der Waals surface area contributed by atoms with Gasteiger partial charge in [-0.15, -0.1) is 0 Å². The van der Waals surface area contributed by atoms with Crippen LogP contribution in [0.3, 0.4) is 0 Å². The van der Waals surface area contributed by atoms with Crippen molar-refractivity contribution < 1.29 is 23.0 Å². The molecule has 0 aromatic carbocycles. The third-order valence-electron chi connectivity index (χ3n) is 5.71. The van der Waals surface area contributed by atoms with Crippen LogP contribution in [0, 0.1) is 9.85 Å². The van der Waals surface area contributed by atoms with E-state index in [1.165, 1.54) is 96.3 Å². The van der Waals surface area contributed by atoms with Crippen molar-refractivity contribution in [2.45, 2.75) is 115 Å². The number of hydrogen-bond donors (Lipinski definition) is 1. The second-order valence-corrected chi connectivity index (χ2v) is 10.8. The highest BCUT2D eigenvalue weighted by molar-refractivity contribution is 14.1. The van der Waals surface area contributed by atoms with Crippen LogP contribution in [0.4, 0.5) is 0 Å². The predicted molar refractivity (Wildman–Crippen MR) is 137 cm³/mol. The average molecular weight is 572 g/mol. The molecular weight excluding hydrogens is 525 g/mol. The summed E-state index contributed by atoms with van der Waals surface area (Å²) in [5.41, 5.74) is 0.0353. The Bertz CT molecular complexity index is 558. The summed E-state index contributed by atoms with van der Waals surface area (Å²) in [4.78, 5) is 0. The third-order valence-corrected chi connectivity index (χ3v) is 6.09. The van der Waals surface area contributed by atoms with E-state index in [4.69, 9.17) is 17.7 Å². The van der Waals surface area contributed by atoms with E-state index < -0.39 is 10.1 Å². The van der Waals surface area contributed by atoms with Crippen molar-refractivity contribution in [3.63, 3.8) is 0 Å². The first kappa shape index (κ1) is 31.1. The zero-order chi connectivity index (χ0) is 23.3. The fourth-order valence-electron chi connectivity index (χ4n) is 4.00. The van der Waals surface area contributed by atoms with E-state index in [0.29, 0.717) is 6.26 Å². The van der Waals surface area contributed by atoms with Crippen LogP contribution < -0.4 is 5.32 Å². The van der Waals surface area contributed by atoms with Crippen molar-refractivity contribution in [3.05, 3.63) is 0 Å². The van der Waals surface area contributed by atoms with Crippen LogP contribution in [0.5, 0.6) is 0 Å². The Morgan fingerprint density at radius 3 is 1.77 bits per heavy atom. The number of quaternary nitrogens is 1. The lowest BCUT2D eigenvalue weighted by atomic mass is 9.91. The number of ether oxygens (including phenoxy) is 1. The van der Waals surface area contributed by atoms with Crippen LogP contribution in [0.15, 0.2) is 0 Å². The Kier molecular flexibility index (Phi) is 20.8. The minimum Gasteiger partial charge on any atom is -0.748 e. The standard InChI is InChI=1S/C23H42INO.CH4O3S/c1-2-3-4-5-6-7-8-9-10-11-12-13-14-15-17-23(18-16-19-24)22-25-20-21-26-23;1-5(2,3)4/h25H,2-15,17-18,20-22H2,1H3;1H3,(H,2,3,4). The first-order valence-electron chi connectivity index (χ1n) is 12.3. The van der Waals surface area contributed by atoms with E-state index >= 15 is 0 Å². The van der Waals surface area contributed by atoms with E-state index in [9.17, 15) is 0 Å². The van der Waals surface area contributed by atoms with Crippen LogP contribution in [-0.4, -0.2) is 44.5 Å². The molecule has 0 spiro atoms. The summed E-state index contributed by atoms with van der Waals surface area (Å²) in [5.74, 6) is 3.25. The van der Waals surface area contributed by atoms with Crippen molar-refractivity contribution in [1.82, 2.24) is 0 Å². The summed E-state index contributed by atoms with van der Waals surface area (Å²) in [6, 6.07) is 0. The molecule has 1 atom stereocenters. The van der Waals surface area contributed by atoms with Gasteiger partial charge in [0.05, 0.1) is 23.3 Å². The van der Waals surface area contributed by atoms with Gasteiger partial charge in [0.25, 0.3) is 0 Å². The maximum atomic E-state index is 9.08. The molecule has 1 saturated heterocycles. The van der Waals surface area contributed by atoms with Gasteiger partial charge in [0.1, 0.15) is 12.1 Å². The third kappa shape index (κ3) is 23.1. The molecule has 1 heterocycles. The number of nitrogens with two attached hydrogens (primary N) is 1. The highest BCUT2D eigenvalue weighted by atomic mass is 127. The molecule has 1 aliphatic heterocycles. The number of halogens is 1. The average Bonchev–Trinajstić information content (AvgIpc) is 2.72. The molecule has 7 heteroatoms. The van der Waals surface area contributed by atoms with Gasteiger partial charge in [0.15, 0.2) is 0 Å². The summed E-state index contributed by atoms with van der Waals surface area (Å²) < 4.78 is 36.4. The monoisotopic (exact) mass is 571 g/mol. The van der Waals surface area contributed by atoms with Gasteiger partial charge >= 0.3 is 0 Å². The fraction of sp³-hybridized carbons (Fsp3) is 0.917. The zero-order valence-corrected chi connectivity index (χ0v) is 22.9.